The van der Waals surface area contributed by atoms with Gasteiger partial charge in [-0.05, 0) is 44.2 Å². The Morgan fingerprint density at radius 3 is 2.68 bits per heavy atom. The topological polar surface area (TPSA) is 85.0 Å². The highest BCUT2D eigenvalue weighted by Gasteiger charge is 2.36. The maximum absolute atomic E-state index is 12.9. The number of amides is 1. The Morgan fingerprint density at radius 2 is 1.97 bits per heavy atom. The number of halogens is 3. The molecule has 1 atom stereocenters. The van der Waals surface area contributed by atoms with Crippen LogP contribution in [0.3, 0.4) is 0 Å². The number of likely N-dealkylation sites (tertiary alicyclic amines) is 1. The van der Waals surface area contributed by atoms with Crippen molar-refractivity contribution >= 4 is 6.09 Å². The molecule has 0 radical (unpaired) electrons. The first kappa shape index (κ1) is 21.5. The Bertz CT molecular complexity index is 926. The van der Waals surface area contributed by atoms with Gasteiger partial charge in [-0.1, -0.05) is 17.3 Å². The summed E-state index contributed by atoms with van der Waals surface area (Å²) in [5, 5.41) is 13.2. The second-order valence-electron chi connectivity index (χ2n) is 7.83. The van der Waals surface area contributed by atoms with Gasteiger partial charge in [0.1, 0.15) is 17.2 Å². The third-order valence-corrected chi connectivity index (χ3v) is 5.54. The molecule has 1 amide bonds. The van der Waals surface area contributed by atoms with Crippen LogP contribution < -0.4 is 4.74 Å². The normalized spacial score (nSPS) is 19.8. The average molecular weight is 440 g/mol. The van der Waals surface area contributed by atoms with Gasteiger partial charge in [0, 0.05) is 30.1 Å². The van der Waals surface area contributed by atoms with E-state index in [-0.39, 0.29) is 35.6 Å². The average Bonchev–Trinajstić information content (AvgIpc) is 3.50. The zero-order chi connectivity index (χ0) is 22.0. The van der Waals surface area contributed by atoms with Gasteiger partial charge in [-0.3, -0.25) is 0 Å². The quantitative estimate of drug-likeness (QED) is 0.667. The Labute approximate surface area is 176 Å². The van der Waals surface area contributed by atoms with Crippen molar-refractivity contribution in [2.45, 2.75) is 57.1 Å². The fourth-order valence-electron chi connectivity index (χ4n) is 3.84. The van der Waals surface area contributed by atoms with Crippen molar-refractivity contribution in [3.05, 3.63) is 35.6 Å². The monoisotopic (exact) mass is 440 g/mol. The van der Waals surface area contributed by atoms with E-state index in [1.807, 2.05) is 0 Å². The molecule has 2 heterocycles. The molecular weight excluding hydrogens is 417 g/mol. The van der Waals surface area contributed by atoms with Crippen molar-refractivity contribution in [2.75, 3.05) is 13.1 Å². The lowest BCUT2D eigenvalue weighted by Gasteiger charge is -2.17. The van der Waals surface area contributed by atoms with E-state index in [0.717, 1.165) is 12.8 Å². The molecule has 0 spiro atoms. The molecule has 31 heavy (non-hydrogen) atoms. The number of benzene rings is 1. The Balaban J connectivity index is 1.55. The molecule has 1 aromatic carbocycles. The Morgan fingerprint density at radius 1 is 1.19 bits per heavy atom. The third-order valence-electron chi connectivity index (χ3n) is 5.54. The third kappa shape index (κ3) is 5.30. The first-order valence-corrected chi connectivity index (χ1v) is 10.2. The van der Waals surface area contributed by atoms with Gasteiger partial charge < -0.3 is 24.0 Å². The van der Waals surface area contributed by atoms with Crippen molar-refractivity contribution < 1.29 is 37.1 Å². The minimum absolute atomic E-state index is 0.128. The molecule has 4 rings (SSSR count). The summed E-state index contributed by atoms with van der Waals surface area (Å²) in [5.74, 6) is 0.475. The molecular formula is C21H23F3N2O5. The number of ether oxygens (including phenoxy) is 2. The Hall–Kier alpha value is -2.75. The van der Waals surface area contributed by atoms with Crippen molar-refractivity contribution in [3.63, 3.8) is 0 Å². The van der Waals surface area contributed by atoms with E-state index in [4.69, 9.17) is 9.26 Å². The standard InChI is InChI=1S/C21H23F3N2O5/c22-21(23,24)30-17-6-2-1-5-15(17)18-16(19(31-25-18)13-7-8-13)12-29-14-4-3-10-26(11-9-14)20(27)28/h1-2,5-6,13-14H,3-4,7-12H2,(H,27,28). The van der Waals surface area contributed by atoms with Crippen molar-refractivity contribution in [2.24, 2.45) is 0 Å². The second-order valence-corrected chi connectivity index (χ2v) is 7.83. The van der Waals surface area contributed by atoms with Crippen LogP contribution in [0.1, 0.15) is 49.3 Å². The number of carboxylic acid groups (broad SMARTS) is 1. The van der Waals surface area contributed by atoms with E-state index in [9.17, 15) is 23.1 Å². The molecule has 1 saturated heterocycles. The molecule has 0 bridgehead atoms. The zero-order valence-corrected chi connectivity index (χ0v) is 16.7. The maximum atomic E-state index is 12.9. The van der Waals surface area contributed by atoms with Crippen molar-refractivity contribution in [3.8, 4) is 17.0 Å². The number of alkyl halides is 3. The predicted octanol–water partition coefficient (Wildman–Crippen LogP) is 5.17. The highest BCUT2D eigenvalue weighted by Crippen LogP contribution is 2.45. The lowest BCUT2D eigenvalue weighted by Crippen LogP contribution is -2.30. The molecule has 2 fully saturated rings. The first-order chi connectivity index (χ1) is 14.8. The van der Waals surface area contributed by atoms with Gasteiger partial charge in [0.25, 0.3) is 0 Å². The van der Waals surface area contributed by atoms with Crippen LogP contribution in [0.2, 0.25) is 0 Å². The molecule has 1 aliphatic carbocycles. The largest absolute Gasteiger partial charge is 0.573 e. The zero-order valence-electron chi connectivity index (χ0n) is 16.7. The van der Waals surface area contributed by atoms with E-state index >= 15 is 0 Å². The predicted molar refractivity (Wildman–Crippen MR) is 103 cm³/mol. The van der Waals surface area contributed by atoms with E-state index in [1.165, 1.54) is 23.1 Å². The molecule has 2 aliphatic rings. The van der Waals surface area contributed by atoms with Gasteiger partial charge in [0.05, 0.1) is 12.7 Å². The number of aromatic nitrogens is 1. The van der Waals surface area contributed by atoms with Gasteiger partial charge in [-0.25, -0.2) is 4.79 Å². The highest BCUT2D eigenvalue weighted by molar-refractivity contribution is 5.70. The van der Waals surface area contributed by atoms with Crippen LogP contribution in [-0.2, 0) is 11.3 Å². The van der Waals surface area contributed by atoms with E-state index < -0.39 is 12.5 Å². The SMILES string of the molecule is O=C(O)N1CCCC(OCc2c(-c3ccccc3OC(F)(F)F)noc2C2CC2)CC1. The van der Waals surface area contributed by atoms with Crippen LogP contribution in [-0.4, -0.2) is 46.8 Å². The van der Waals surface area contributed by atoms with Crippen LogP contribution in [0, 0.1) is 0 Å². The molecule has 10 heteroatoms. The molecule has 168 valence electrons. The first-order valence-electron chi connectivity index (χ1n) is 10.2. The van der Waals surface area contributed by atoms with Crippen LogP contribution in [0.15, 0.2) is 28.8 Å². The molecule has 2 aromatic rings. The van der Waals surface area contributed by atoms with E-state index in [0.29, 0.717) is 43.7 Å². The number of rotatable bonds is 6. The summed E-state index contributed by atoms with van der Waals surface area (Å²) in [4.78, 5) is 12.6. The summed E-state index contributed by atoms with van der Waals surface area (Å²) < 4.78 is 54.4. The summed E-state index contributed by atoms with van der Waals surface area (Å²) in [5.41, 5.74) is 1.09. The van der Waals surface area contributed by atoms with Crippen LogP contribution in [0.5, 0.6) is 5.75 Å². The lowest BCUT2D eigenvalue weighted by atomic mass is 10.0. The number of hydrogen-bond acceptors (Lipinski definition) is 5. The summed E-state index contributed by atoms with van der Waals surface area (Å²) in [6.45, 7) is 0.972. The van der Waals surface area contributed by atoms with E-state index in [1.54, 1.807) is 6.07 Å². The smallest absolute Gasteiger partial charge is 0.465 e. The molecule has 1 aliphatic heterocycles. The molecule has 1 aromatic heterocycles. The van der Waals surface area contributed by atoms with Gasteiger partial charge in [0.15, 0.2) is 0 Å². The number of para-hydroxylation sites is 1. The van der Waals surface area contributed by atoms with Crippen molar-refractivity contribution in [1.29, 1.82) is 0 Å². The number of nitrogens with zero attached hydrogens (tertiary/aromatic N) is 2. The van der Waals surface area contributed by atoms with Gasteiger partial charge in [0.2, 0.25) is 0 Å². The molecule has 7 nitrogen and oxygen atoms in total. The van der Waals surface area contributed by atoms with Crippen molar-refractivity contribution in [1.82, 2.24) is 10.1 Å². The van der Waals surface area contributed by atoms with Gasteiger partial charge in [-0.15, -0.1) is 13.2 Å². The van der Waals surface area contributed by atoms with Crippen LogP contribution in [0.4, 0.5) is 18.0 Å². The van der Waals surface area contributed by atoms with Gasteiger partial charge >= 0.3 is 12.5 Å². The number of carbonyl (C=O) groups is 1. The Kier molecular flexibility index (Phi) is 6.08. The fraction of sp³-hybridized carbons (Fsp3) is 0.524. The molecule has 1 N–H and O–H groups in total. The highest BCUT2D eigenvalue weighted by atomic mass is 19.4. The minimum Gasteiger partial charge on any atom is -0.465 e. The van der Waals surface area contributed by atoms with Crippen LogP contribution in [0.25, 0.3) is 11.3 Å². The second kappa shape index (κ2) is 8.78. The minimum atomic E-state index is -4.83. The lowest BCUT2D eigenvalue weighted by molar-refractivity contribution is -0.274. The maximum Gasteiger partial charge on any atom is 0.573 e. The van der Waals surface area contributed by atoms with Crippen LogP contribution >= 0.6 is 0 Å². The van der Waals surface area contributed by atoms with E-state index in [2.05, 4.69) is 9.89 Å². The number of hydrogen-bond donors (Lipinski definition) is 1. The fourth-order valence-corrected chi connectivity index (χ4v) is 3.84. The molecule has 1 unspecified atom stereocenters. The van der Waals surface area contributed by atoms with Gasteiger partial charge in [-0.2, -0.15) is 0 Å². The summed E-state index contributed by atoms with van der Waals surface area (Å²) in [6, 6.07) is 5.82. The summed E-state index contributed by atoms with van der Waals surface area (Å²) in [6.07, 6.45) is -2.12. The summed E-state index contributed by atoms with van der Waals surface area (Å²) in [7, 11) is 0. The summed E-state index contributed by atoms with van der Waals surface area (Å²) >= 11 is 0. The molecule has 1 saturated carbocycles.